The van der Waals surface area contributed by atoms with Crippen LogP contribution in [0.1, 0.15) is 42.7 Å². The lowest BCUT2D eigenvalue weighted by Crippen LogP contribution is -2.03. The lowest BCUT2D eigenvalue weighted by atomic mass is 9.94. The van der Waals surface area contributed by atoms with Crippen molar-refractivity contribution in [2.75, 3.05) is 0 Å². The summed E-state index contributed by atoms with van der Waals surface area (Å²) in [5, 5.41) is 9.45. The molecule has 1 unspecified atom stereocenters. The van der Waals surface area contributed by atoms with Crippen LogP contribution in [0.3, 0.4) is 0 Å². The average molecular weight is 165 g/mol. The SMILES string of the molecule is CC(O)c1c[nH]c2c1CCCC2. The zero-order valence-corrected chi connectivity index (χ0v) is 7.43. The summed E-state index contributed by atoms with van der Waals surface area (Å²) < 4.78 is 0. The van der Waals surface area contributed by atoms with Crippen LogP contribution in [0.4, 0.5) is 0 Å². The van der Waals surface area contributed by atoms with Crippen LogP contribution in [0.2, 0.25) is 0 Å². The minimum atomic E-state index is -0.317. The number of hydrogen-bond acceptors (Lipinski definition) is 1. The molecule has 0 bridgehead atoms. The highest BCUT2D eigenvalue weighted by Crippen LogP contribution is 2.27. The zero-order valence-electron chi connectivity index (χ0n) is 7.43. The van der Waals surface area contributed by atoms with Crippen molar-refractivity contribution in [3.8, 4) is 0 Å². The summed E-state index contributed by atoms with van der Waals surface area (Å²) in [6, 6.07) is 0. The number of aromatic amines is 1. The van der Waals surface area contributed by atoms with Crippen molar-refractivity contribution in [2.45, 2.75) is 38.7 Å². The number of aliphatic hydroxyl groups excluding tert-OH is 1. The molecular weight excluding hydrogens is 150 g/mol. The van der Waals surface area contributed by atoms with Crippen molar-refractivity contribution in [1.29, 1.82) is 0 Å². The van der Waals surface area contributed by atoms with Crippen LogP contribution in [0.15, 0.2) is 6.20 Å². The number of H-pyrrole nitrogens is 1. The molecule has 1 aliphatic rings. The largest absolute Gasteiger partial charge is 0.389 e. The van der Waals surface area contributed by atoms with Gasteiger partial charge in [-0.1, -0.05) is 0 Å². The Kier molecular flexibility index (Phi) is 1.93. The molecule has 12 heavy (non-hydrogen) atoms. The standard InChI is InChI=1S/C10H15NO/c1-7(12)9-6-11-10-5-3-2-4-8(9)10/h6-7,11-12H,2-5H2,1H3. The first-order chi connectivity index (χ1) is 5.79. The number of aryl methyl sites for hydroxylation is 1. The van der Waals surface area contributed by atoms with E-state index in [1.165, 1.54) is 24.1 Å². The number of nitrogens with one attached hydrogen (secondary N) is 1. The summed E-state index contributed by atoms with van der Waals surface area (Å²) in [6.07, 6.45) is 6.49. The molecule has 66 valence electrons. The molecule has 0 spiro atoms. The molecular formula is C10H15NO. The van der Waals surface area contributed by atoms with Crippen molar-refractivity contribution in [3.05, 3.63) is 23.0 Å². The van der Waals surface area contributed by atoms with Gasteiger partial charge in [-0.05, 0) is 38.2 Å². The zero-order chi connectivity index (χ0) is 8.55. The topological polar surface area (TPSA) is 36.0 Å². The smallest absolute Gasteiger partial charge is 0.0779 e. The van der Waals surface area contributed by atoms with Crippen LogP contribution < -0.4 is 0 Å². The van der Waals surface area contributed by atoms with Gasteiger partial charge in [0.05, 0.1) is 6.10 Å². The first kappa shape index (κ1) is 7.87. The molecule has 0 saturated carbocycles. The second-order valence-electron chi connectivity index (χ2n) is 3.58. The number of aliphatic hydroxyl groups is 1. The molecule has 0 aromatic carbocycles. The fourth-order valence-corrected chi connectivity index (χ4v) is 2.01. The Labute approximate surface area is 72.6 Å². The molecule has 2 N–H and O–H groups in total. The highest BCUT2D eigenvalue weighted by molar-refractivity contribution is 5.34. The molecule has 0 radical (unpaired) electrons. The van der Waals surface area contributed by atoms with Crippen molar-refractivity contribution in [2.24, 2.45) is 0 Å². The van der Waals surface area contributed by atoms with E-state index in [1.807, 2.05) is 13.1 Å². The fourth-order valence-electron chi connectivity index (χ4n) is 2.01. The van der Waals surface area contributed by atoms with E-state index in [0.29, 0.717) is 0 Å². The third-order valence-electron chi connectivity index (χ3n) is 2.67. The third-order valence-corrected chi connectivity index (χ3v) is 2.67. The Morgan fingerprint density at radius 2 is 2.17 bits per heavy atom. The molecule has 0 aliphatic heterocycles. The highest BCUT2D eigenvalue weighted by atomic mass is 16.3. The normalized spacial score (nSPS) is 18.8. The monoisotopic (exact) mass is 165 g/mol. The van der Waals surface area contributed by atoms with E-state index in [-0.39, 0.29) is 6.10 Å². The van der Waals surface area contributed by atoms with Gasteiger partial charge in [0, 0.05) is 17.5 Å². The van der Waals surface area contributed by atoms with Gasteiger partial charge in [0.25, 0.3) is 0 Å². The third kappa shape index (κ3) is 1.16. The summed E-state index contributed by atoms with van der Waals surface area (Å²) in [5.41, 5.74) is 3.82. The van der Waals surface area contributed by atoms with Crippen LogP contribution in [0, 0.1) is 0 Å². The first-order valence-corrected chi connectivity index (χ1v) is 4.66. The van der Waals surface area contributed by atoms with Gasteiger partial charge in [0.1, 0.15) is 0 Å². The van der Waals surface area contributed by atoms with Crippen LogP contribution in [0.5, 0.6) is 0 Å². The molecule has 1 aromatic heterocycles. The fraction of sp³-hybridized carbons (Fsp3) is 0.600. The van der Waals surface area contributed by atoms with Crippen molar-refractivity contribution >= 4 is 0 Å². The maximum absolute atomic E-state index is 9.45. The number of rotatable bonds is 1. The Balaban J connectivity index is 2.38. The van der Waals surface area contributed by atoms with Gasteiger partial charge in [-0.25, -0.2) is 0 Å². The van der Waals surface area contributed by atoms with Crippen molar-refractivity contribution in [3.63, 3.8) is 0 Å². The van der Waals surface area contributed by atoms with E-state index in [2.05, 4.69) is 4.98 Å². The second kappa shape index (κ2) is 2.94. The maximum atomic E-state index is 9.45. The summed E-state index contributed by atoms with van der Waals surface area (Å²) >= 11 is 0. The minimum Gasteiger partial charge on any atom is -0.389 e. The molecule has 1 heterocycles. The van der Waals surface area contributed by atoms with Crippen LogP contribution in [0.25, 0.3) is 0 Å². The second-order valence-corrected chi connectivity index (χ2v) is 3.58. The van der Waals surface area contributed by atoms with Gasteiger partial charge in [0.15, 0.2) is 0 Å². The van der Waals surface area contributed by atoms with E-state index in [9.17, 15) is 5.11 Å². The quantitative estimate of drug-likeness (QED) is 0.655. The summed E-state index contributed by atoms with van der Waals surface area (Å²) in [6.45, 7) is 1.83. The number of aromatic nitrogens is 1. The van der Waals surface area contributed by atoms with Gasteiger partial charge < -0.3 is 10.1 Å². The molecule has 0 saturated heterocycles. The maximum Gasteiger partial charge on any atom is 0.0779 e. The van der Waals surface area contributed by atoms with Gasteiger partial charge in [0.2, 0.25) is 0 Å². The van der Waals surface area contributed by atoms with Crippen LogP contribution in [-0.4, -0.2) is 10.1 Å². The molecule has 2 heteroatoms. The molecule has 0 fully saturated rings. The molecule has 1 aliphatic carbocycles. The van der Waals surface area contributed by atoms with E-state index in [4.69, 9.17) is 0 Å². The molecule has 1 aromatic rings. The Morgan fingerprint density at radius 3 is 2.92 bits per heavy atom. The van der Waals surface area contributed by atoms with E-state index in [1.54, 1.807) is 0 Å². The summed E-state index contributed by atoms with van der Waals surface area (Å²) in [7, 11) is 0. The number of hydrogen-bond donors (Lipinski definition) is 2. The number of fused-ring (bicyclic) bond motifs is 1. The molecule has 1 atom stereocenters. The van der Waals surface area contributed by atoms with Crippen molar-refractivity contribution < 1.29 is 5.11 Å². The molecule has 0 amide bonds. The summed E-state index contributed by atoms with van der Waals surface area (Å²) in [5.74, 6) is 0. The Hall–Kier alpha value is -0.760. The van der Waals surface area contributed by atoms with Gasteiger partial charge in [-0.15, -0.1) is 0 Å². The average Bonchev–Trinajstić information content (AvgIpc) is 2.47. The summed E-state index contributed by atoms with van der Waals surface area (Å²) in [4.78, 5) is 3.25. The van der Waals surface area contributed by atoms with E-state index < -0.39 is 0 Å². The first-order valence-electron chi connectivity index (χ1n) is 4.66. The molecule has 2 nitrogen and oxygen atoms in total. The van der Waals surface area contributed by atoms with E-state index >= 15 is 0 Å². The van der Waals surface area contributed by atoms with Gasteiger partial charge in [-0.3, -0.25) is 0 Å². The van der Waals surface area contributed by atoms with E-state index in [0.717, 1.165) is 18.4 Å². The lowest BCUT2D eigenvalue weighted by molar-refractivity contribution is 0.198. The predicted octanol–water partition coefficient (Wildman–Crippen LogP) is 1.95. The van der Waals surface area contributed by atoms with Crippen molar-refractivity contribution in [1.82, 2.24) is 4.98 Å². The Morgan fingerprint density at radius 1 is 1.42 bits per heavy atom. The van der Waals surface area contributed by atoms with Gasteiger partial charge in [-0.2, -0.15) is 0 Å². The Bertz CT molecular complexity index is 275. The minimum absolute atomic E-state index is 0.317. The van der Waals surface area contributed by atoms with Crippen LogP contribution >= 0.6 is 0 Å². The lowest BCUT2D eigenvalue weighted by Gasteiger charge is -2.13. The predicted molar refractivity (Wildman–Crippen MR) is 48.1 cm³/mol. The van der Waals surface area contributed by atoms with Crippen LogP contribution in [-0.2, 0) is 12.8 Å². The molecule has 2 rings (SSSR count). The van der Waals surface area contributed by atoms with Gasteiger partial charge >= 0.3 is 0 Å². The highest BCUT2D eigenvalue weighted by Gasteiger charge is 2.16.